The van der Waals surface area contributed by atoms with Crippen molar-refractivity contribution in [1.29, 1.82) is 0 Å². The lowest BCUT2D eigenvalue weighted by Crippen LogP contribution is -2.19. The van der Waals surface area contributed by atoms with Crippen LogP contribution in [0.15, 0.2) is 0 Å². The van der Waals surface area contributed by atoms with Crippen LogP contribution in [0.4, 0.5) is 0 Å². The molecule has 0 amide bonds. The highest BCUT2D eigenvalue weighted by atomic mass is 32.3. The summed E-state index contributed by atoms with van der Waals surface area (Å²) in [6, 6.07) is 0. The molecule has 0 radical (unpaired) electrons. The summed E-state index contributed by atoms with van der Waals surface area (Å²) in [5, 5.41) is 0. The molecule has 0 atom stereocenters. The van der Waals surface area contributed by atoms with E-state index in [1.54, 1.807) is 0 Å². The van der Waals surface area contributed by atoms with E-state index in [0.29, 0.717) is 12.8 Å². The largest absolute Gasteiger partial charge is 0.416 e. The second-order valence-corrected chi connectivity index (χ2v) is 13.0. The van der Waals surface area contributed by atoms with Gasteiger partial charge >= 0.3 is 20.8 Å². The van der Waals surface area contributed by atoms with E-state index in [9.17, 15) is 16.8 Å². The van der Waals surface area contributed by atoms with Crippen LogP contribution in [0.5, 0.6) is 0 Å². The minimum atomic E-state index is -4.63. The van der Waals surface area contributed by atoms with Gasteiger partial charge in [0.1, 0.15) is 0 Å². The molecule has 0 aromatic carbocycles. The Morgan fingerprint density at radius 1 is 0.351 bits per heavy atom. The first-order valence-electron chi connectivity index (χ1n) is 15.3. The molecule has 224 valence electrons. The van der Waals surface area contributed by atoms with Crippen molar-refractivity contribution in [2.24, 2.45) is 0 Å². The van der Waals surface area contributed by atoms with Crippen LogP contribution >= 0.6 is 0 Å². The Balaban J connectivity index is 3.61. The average Bonchev–Trinajstić information content (AvgIpc) is 2.84. The summed E-state index contributed by atoms with van der Waals surface area (Å²) in [5.41, 5.74) is 0. The molecule has 0 aliphatic heterocycles. The van der Waals surface area contributed by atoms with E-state index in [0.717, 1.165) is 38.5 Å². The van der Waals surface area contributed by atoms with Crippen LogP contribution in [0.25, 0.3) is 0 Å². The van der Waals surface area contributed by atoms with Crippen LogP contribution in [0.1, 0.15) is 168 Å². The van der Waals surface area contributed by atoms with E-state index in [1.807, 2.05) is 0 Å². The van der Waals surface area contributed by atoms with Crippen molar-refractivity contribution in [2.45, 2.75) is 168 Å². The molecule has 37 heavy (non-hydrogen) atoms. The van der Waals surface area contributed by atoms with E-state index in [2.05, 4.69) is 25.8 Å². The Morgan fingerprint density at radius 3 is 0.811 bits per heavy atom. The van der Waals surface area contributed by atoms with Crippen molar-refractivity contribution in [2.75, 3.05) is 13.2 Å². The van der Waals surface area contributed by atoms with Crippen molar-refractivity contribution >= 4 is 20.8 Å². The van der Waals surface area contributed by atoms with Crippen LogP contribution < -0.4 is 0 Å². The third kappa shape index (κ3) is 28.6. The molecule has 0 bridgehead atoms. The second-order valence-electron chi connectivity index (χ2n) is 10.3. The van der Waals surface area contributed by atoms with Gasteiger partial charge in [-0.05, 0) is 12.8 Å². The predicted molar refractivity (Wildman–Crippen MR) is 153 cm³/mol. The van der Waals surface area contributed by atoms with Gasteiger partial charge in [-0.1, -0.05) is 155 Å². The fourth-order valence-corrected chi connectivity index (χ4v) is 6.12. The molecule has 0 aliphatic carbocycles. The molecular weight excluding hydrogens is 512 g/mol. The van der Waals surface area contributed by atoms with Crippen LogP contribution in [0.2, 0.25) is 0 Å². The SMILES string of the molecule is CCCCCCCCCCCCCCOS(=O)(=O)OS(=O)(=O)OCCCCCCCCCCCCCC. The third-order valence-corrected chi connectivity index (χ3v) is 8.86. The zero-order chi connectivity index (χ0) is 27.5. The van der Waals surface area contributed by atoms with Crippen molar-refractivity contribution < 1.29 is 28.8 Å². The lowest BCUT2D eigenvalue weighted by molar-refractivity contribution is 0.232. The zero-order valence-corrected chi connectivity index (χ0v) is 25.7. The number of unbranched alkanes of at least 4 members (excludes halogenated alkanes) is 22. The Kier molecular flexibility index (Phi) is 25.9. The van der Waals surface area contributed by atoms with E-state index in [1.165, 1.54) is 103 Å². The molecule has 0 aliphatic rings. The minimum absolute atomic E-state index is 0.0893. The first-order valence-corrected chi connectivity index (χ1v) is 18.0. The van der Waals surface area contributed by atoms with Crippen molar-refractivity contribution in [3.63, 3.8) is 0 Å². The van der Waals surface area contributed by atoms with Gasteiger partial charge in [0.05, 0.1) is 13.2 Å². The van der Waals surface area contributed by atoms with E-state index >= 15 is 0 Å². The quantitative estimate of drug-likeness (QED) is 0.0795. The normalized spacial score (nSPS) is 12.4. The van der Waals surface area contributed by atoms with Gasteiger partial charge in [-0.3, -0.25) is 0 Å². The Bertz CT molecular complexity index is 621. The molecule has 0 fully saturated rings. The maximum absolute atomic E-state index is 11.8. The first-order chi connectivity index (χ1) is 17.8. The summed E-state index contributed by atoms with van der Waals surface area (Å²) >= 11 is 0. The fraction of sp³-hybridized carbons (Fsp3) is 1.00. The lowest BCUT2D eigenvalue weighted by atomic mass is 10.1. The number of rotatable bonds is 30. The molecule has 0 rings (SSSR count). The molecular formula is C28H58O7S2. The predicted octanol–water partition coefficient (Wildman–Crippen LogP) is 8.93. The maximum atomic E-state index is 11.8. The first kappa shape index (κ1) is 36.8. The zero-order valence-electron chi connectivity index (χ0n) is 24.1. The van der Waals surface area contributed by atoms with Gasteiger partial charge < -0.3 is 0 Å². The second kappa shape index (κ2) is 26.0. The smallest absolute Gasteiger partial charge is 0.247 e. The summed E-state index contributed by atoms with van der Waals surface area (Å²) in [7, 11) is -9.27. The summed E-state index contributed by atoms with van der Waals surface area (Å²) in [6.45, 7) is 4.28. The van der Waals surface area contributed by atoms with Gasteiger partial charge in [-0.15, -0.1) is 3.63 Å². The third-order valence-electron chi connectivity index (χ3n) is 6.62. The number of hydrogen-bond donors (Lipinski definition) is 0. The number of hydrogen-bond acceptors (Lipinski definition) is 7. The van der Waals surface area contributed by atoms with Crippen LogP contribution in [0, 0.1) is 0 Å². The average molecular weight is 571 g/mol. The molecule has 0 unspecified atom stereocenters. The molecule has 9 heteroatoms. The monoisotopic (exact) mass is 570 g/mol. The van der Waals surface area contributed by atoms with Gasteiger partial charge in [-0.25, -0.2) is 8.37 Å². The molecule has 0 spiro atoms. The highest BCUT2D eigenvalue weighted by molar-refractivity contribution is 7.95. The Morgan fingerprint density at radius 2 is 0.568 bits per heavy atom. The van der Waals surface area contributed by atoms with Gasteiger partial charge in [0.15, 0.2) is 0 Å². The maximum Gasteiger partial charge on any atom is 0.416 e. The Hall–Kier alpha value is -0.220. The highest BCUT2D eigenvalue weighted by Gasteiger charge is 2.24. The van der Waals surface area contributed by atoms with Crippen molar-refractivity contribution in [3.8, 4) is 0 Å². The topological polar surface area (TPSA) is 96.0 Å². The van der Waals surface area contributed by atoms with E-state index in [4.69, 9.17) is 0 Å². The highest BCUT2D eigenvalue weighted by Crippen LogP contribution is 2.14. The van der Waals surface area contributed by atoms with Crippen LogP contribution in [-0.2, 0) is 32.8 Å². The lowest BCUT2D eigenvalue weighted by Gasteiger charge is -2.07. The fourth-order valence-electron chi connectivity index (χ4n) is 4.35. The van der Waals surface area contributed by atoms with Crippen molar-refractivity contribution in [3.05, 3.63) is 0 Å². The Labute approximate surface area is 230 Å². The summed E-state index contributed by atoms with van der Waals surface area (Å²) < 4.78 is 60.6. The molecule has 0 heterocycles. The molecule has 0 saturated carbocycles. The van der Waals surface area contributed by atoms with Crippen LogP contribution in [0.3, 0.4) is 0 Å². The molecule has 0 aromatic rings. The van der Waals surface area contributed by atoms with Crippen LogP contribution in [-0.4, -0.2) is 30.0 Å². The van der Waals surface area contributed by atoms with Gasteiger partial charge in [0, 0.05) is 0 Å². The van der Waals surface area contributed by atoms with E-state index < -0.39 is 20.8 Å². The summed E-state index contributed by atoms with van der Waals surface area (Å²) in [4.78, 5) is 0. The molecule has 0 saturated heterocycles. The summed E-state index contributed by atoms with van der Waals surface area (Å²) in [6.07, 6.45) is 27.7. The minimum Gasteiger partial charge on any atom is -0.247 e. The molecule has 0 N–H and O–H groups in total. The van der Waals surface area contributed by atoms with Crippen molar-refractivity contribution in [1.82, 2.24) is 0 Å². The summed E-state index contributed by atoms with van der Waals surface area (Å²) in [5.74, 6) is 0. The van der Waals surface area contributed by atoms with Gasteiger partial charge in [0.25, 0.3) is 0 Å². The standard InChI is InChI=1S/C28H58O7S2/c1-3-5-7-9-11-13-15-17-19-21-23-25-27-33-36(29,30)35-37(31,32)34-28-26-24-22-20-18-16-14-12-10-8-6-4-2/h3-28H2,1-2H3. The molecule has 0 aromatic heterocycles. The van der Waals surface area contributed by atoms with E-state index in [-0.39, 0.29) is 13.2 Å². The van der Waals surface area contributed by atoms with Gasteiger partial charge in [0.2, 0.25) is 0 Å². The molecule has 7 nitrogen and oxygen atoms in total. The van der Waals surface area contributed by atoms with Gasteiger partial charge in [-0.2, -0.15) is 16.8 Å².